The standard InChI is InChI=1S/C33H52N8O7/c1-32(2,47)26-19-35-39-41(26)23-18-25(29(44)38-33(27(42)28(34)43)13-15-48-16-14-33)40(20-23)30(45)24(17-21-9-5-3-6-10-21)37-31(46)36-22-11-7-4-8-12-22/h19,21-25,47H,3-18,20H2,1-2H3,(H2,34,43)(H,38,44)(H2,36,37,46)/t23-,24?,25-/m0/s1. The van der Waals surface area contributed by atoms with E-state index >= 15 is 0 Å². The summed E-state index contributed by atoms with van der Waals surface area (Å²) in [5, 5.41) is 27.9. The molecule has 48 heavy (non-hydrogen) atoms. The number of nitrogens with one attached hydrogen (secondary N) is 3. The summed E-state index contributed by atoms with van der Waals surface area (Å²) in [5.74, 6) is -2.86. The van der Waals surface area contributed by atoms with Crippen molar-refractivity contribution in [1.82, 2.24) is 35.8 Å². The Kier molecular flexibility index (Phi) is 11.4. The van der Waals surface area contributed by atoms with Crippen LogP contribution in [0.4, 0.5) is 4.79 Å². The average Bonchev–Trinajstić information content (AvgIpc) is 3.74. The molecular weight excluding hydrogens is 620 g/mol. The topological polar surface area (TPSA) is 211 Å². The summed E-state index contributed by atoms with van der Waals surface area (Å²) in [6.45, 7) is 3.54. The number of hydrogen-bond donors (Lipinski definition) is 5. The van der Waals surface area contributed by atoms with Crippen molar-refractivity contribution in [3.05, 3.63) is 11.9 Å². The fourth-order valence-corrected chi connectivity index (χ4v) is 7.93. The first kappa shape index (κ1) is 35.7. The number of hydrogen-bond acceptors (Lipinski definition) is 9. The lowest BCUT2D eigenvalue weighted by Gasteiger charge is -2.37. The van der Waals surface area contributed by atoms with Crippen LogP contribution in [0.1, 0.15) is 115 Å². The highest BCUT2D eigenvalue weighted by atomic mass is 16.5. The van der Waals surface area contributed by atoms with Gasteiger partial charge < -0.3 is 36.4 Å². The maximum atomic E-state index is 14.6. The van der Waals surface area contributed by atoms with Crippen LogP contribution in [0.5, 0.6) is 0 Å². The number of carbonyl (C=O) groups excluding carboxylic acids is 5. The highest BCUT2D eigenvalue weighted by molar-refractivity contribution is 6.39. The van der Waals surface area contributed by atoms with E-state index in [1.165, 1.54) is 15.8 Å². The van der Waals surface area contributed by atoms with Crippen LogP contribution in [-0.2, 0) is 29.5 Å². The Morgan fingerprint density at radius 3 is 2.31 bits per heavy atom. The summed E-state index contributed by atoms with van der Waals surface area (Å²) >= 11 is 0. The second-order valence-electron chi connectivity index (χ2n) is 14.6. The normalized spacial score (nSPS) is 24.4. The highest BCUT2D eigenvalue weighted by Crippen LogP contribution is 2.34. The molecule has 2 aliphatic heterocycles. The van der Waals surface area contributed by atoms with E-state index in [1.807, 2.05) is 0 Å². The summed E-state index contributed by atoms with van der Waals surface area (Å²) in [5.41, 5.74) is 2.96. The number of aliphatic hydroxyl groups is 1. The van der Waals surface area contributed by atoms with Crippen LogP contribution in [-0.4, -0.2) is 98.0 Å². The van der Waals surface area contributed by atoms with E-state index in [9.17, 15) is 29.1 Å². The summed E-state index contributed by atoms with van der Waals surface area (Å²) in [6, 6.07) is -2.86. The number of nitrogens with zero attached hydrogens (tertiary/aromatic N) is 4. The minimum atomic E-state index is -1.56. The molecule has 266 valence electrons. The summed E-state index contributed by atoms with van der Waals surface area (Å²) in [6.07, 6.45) is 12.3. The monoisotopic (exact) mass is 672 g/mol. The summed E-state index contributed by atoms with van der Waals surface area (Å²) in [4.78, 5) is 68.8. The lowest BCUT2D eigenvalue weighted by atomic mass is 9.84. The number of ether oxygens (including phenoxy) is 1. The Morgan fingerprint density at radius 1 is 1.04 bits per heavy atom. The van der Waals surface area contributed by atoms with Crippen LogP contribution < -0.4 is 21.7 Å². The average molecular weight is 673 g/mol. The van der Waals surface area contributed by atoms with Crippen molar-refractivity contribution < 1.29 is 33.8 Å². The van der Waals surface area contributed by atoms with E-state index in [4.69, 9.17) is 10.5 Å². The van der Waals surface area contributed by atoms with Gasteiger partial charge in [-0.15, -0.1) is 5.10 Å². The van der Waals surface area contributed by atoms with Crippen molar-refractivity contribution in [3.8, 4) is 0 Å². The van der Waals surface area contributed by atoms with Gasteiger partial charge >= 0.3 is 6.03 Å². The number of aromatic nitrogens is 3. The molecule has 4 fully saturated rings. The van der Waals surface area contributed by atoms with Crippen LogP contribution >= 0.6 is 0 Å². The molecular formula is C33H52N8O7. The second kappa shape index (κ2) is 15.3. The van der Waals surface area contributed by atoms with E-state index in [0.717, 1.165) is 64.2 Å². The van der Waals surface area contributed by atoms with Gasteiger partial charge in [0.1, 0.15) is 23.2 Å². The SMILES string of the molecule is CC(C)(O)c1cnnn1[C@H]1C[C@@H](C(=O)NC2(C(=O)C(N)=O)CCOCC2)N(C(=O)C(CC2CCCCC2)NC(=O)NC2CCCCC2)C1. The zero-order valence-corrected chi connectivity index (χ0v) is 28.2. The van der Waals surface area contributed by atoms with E-state index in [-0.39, 0.29) is 51.0 Å². The Morgan fingerprint density at radius 2 is 1.69 bits per heavy atom. The molecule has 4 aliphatic rings. The zero-order valence-electron chi connectivity index (χ0n) is 28.2. The lowest BCUT2D eigenvalue weighted by molar-refractivity contribution is -0.147. The summed E-state index contributed by atoms with van der Waals surface area (Å²) in [7, 11) is 0. The van der Waals surface area contributed by atoms with Crippen molar-refractivity contribution in [3.63, 3.8) is 0 Å². The molecule has 2 saturated carbocycles. The van der Waals surface area contributed by atoms with Gasteiger partial charge in [-0.3, -0.25) is 19.2 Å². The fourth-order valence-electron chi connectivity index (χ4n) is 7.93. The Bertz CT molecular complexity index is 1330. The molecule has 1 aromatic heterocycles. The maximum Gasteiger partial charge on any atom is 0.315 e. The van der Waals surface area contributed by atoms with E-state index in [1.54, 1.807) is 13.8 Å². The molecule has 0 radical (unpaired) electrons. The van der Waals surface area contributed by atoms with Crippen LogP contribution in [0.3, 0.4) is 0 Å². The predicted molar refractivity (Wildman–Crippen MR) is 173 cm³/mol. The van der Waals surface area contributed by atoms with Crippen molar-refractivity contribution in [2.75, 3.05) is 19.8 Å². The van der Waals surface area contributed by atoms with E-state index in [0.29, 0.717) is 12.1 Å². The van der Waals surface area contributed by atoms with Crippen LogP contribution in [0.25, 0.3) is 0 Å². The van der Waals surface area contributed by atoms with Gasteiger partial charge in [0.15, 0.2) is 0 Å². The smallest absolute Gasteiger partial charge is 0.315 e. The molecule has 2 aliphatic carbocycles. The molecule has 3 atom stereocenters. The molecule has 0 bridgehead atoms. The number of likely N-dealkylation sites (tertiary alicyclic amines) is 1. The number of primary amides is 1. The first-order valence-corrected chi connectivity index (χ1v) is 17.6. The molecule has 15 nitrogen and oxygen atoms in total. The number of ketones is 1. The van der Waals surface area contributed by atoms with Gasteiger partial charge in [-0.05, 0) is 39.0 Å². The van der Waals surface area contributed by atoms with Crippen molar-refractivity contribution in [2.24, 2.45) is 11.7 Å². The minimum Gasteiger partial charge on any atom is -0.384 e. The fraction of sp³-hybridized carbons (Fsp3) is 0.788. The molecule has 15 heteroatoms. The zero-order chi connectivity index (χ0) is 34.5. The van der Waals surface area contributed by atoms with Gasteiger partial charge in [0, 0.05) is 45.1 Å². The van der Waals surface area contributed by atoms with Crippen molar-refractivity contribution in [1.29, 1.82) is 0 Å². The number of Topliss-reactive ketones (excluding diaryl/α,β-unsaturated/α-hetero) is 1. The van der Waals surface area contributed by atoms with Gasteiger partial charge in [0.25, 0.3) is 5.91 Å². The lowest BCUT2D eigenvalue weighted by Crippen LogP contribution is -2.64. The van der Waals surface area contributed by atoms with E-state index < -0.39 is 58.8 Å². The Balaban J connectivity index is 1.44. The first-order chi connectivity index (χ1) is 22.9. The van der Waals surface area contributed by atoms with Gasteiger partial charge in [-0.25, -0.2) is 9.48 Å². The highest BCUT2D eigenvalue weighted by Gasteiger charge is 2.49. The molecule has 5 amide bonds. The Labute approximate surface area is 281 Å². The third-order valence-corrected chi connectivity index (χ3v) is 10.6. The minimum absolute atomic E-state index is 0.0462. The molecule has 0 spiro atoms. The number of urea groups is 1. The molecule has 1 unspecified atom stereocenters. The van der Waals surface area contributed by atoms with Gasteiger partial charge in [-0.2, -0.15) is 0 Å². The molecule has 0 aromatic carbocycles. The largest absolute Gasteiger partial charge is 0.384 e. The third kappa shape index (κ3) is 8.33. The van der Waals surface area contributed by atoms with Gasteiger partial charge in [0.2, 0.25) is 17.6 Å². The summed E-state index contributed by atoms with van der Waals surface area (Å²) < 4.78 is 6.95. The van der Waals surface area contributed by atoms with Crippen LogP contribution in [0.2, 0.25) is 0 Å². The van der Waals surface area contributed by atoms with Crippen LogP contribution in [0, 0.1) is 5.92 Å². The third-order valence-electron chi connectivity index (χ3n) is 10.6. The second-order valence-corrected chi connectivity index (χ2v) is 14.6. The van der Waals surface area contributed by atoms with Crippen molar-refractivity contribution in [2.45, 2.75) is 139 Å². The maximum absolute atomic E-state index is 14.6. The predicted octanol–water partition coefficient (Wildman–Crippen LogP) is 1.34. The van der Waals surface area contributed by atoms with Gasteiger partial charge in [-0.1, -0.05) is 56.6 Å². The van der Waals surface area contributed by atoms with Crippen molar-refractivity contribution >= 4 is 29.5 Å². The molecule has 6 N–H and O–H groups in total. The first-order valence-electron chi connectivity index (χ1n) is 17.6. The molecule has 1 aromatic rings. The molecule has 2 saturated heterocycles. The Hall–Kier alpha value is -3.59. The number of amides is 5. The van der Waals surface area contributed by atoms with E-state index in [2.05, 4.69) is 26.3 Å². The molecule has 5 rings (SSSR count). The van der Waals surface area contributed by atoms with Crippen LogP contribution in [0.15, 0.2) is 6.20 Å². The van der Waals surface area contributed by atoms with Gasteiger partial charge in [0.05, 0.1) is 17.9 Å². The molecule has 3 heterocycles. The number of nitrogens with two attached hydrogens (primary N) is 1. The number of carbonyl (C=O) groups is 5. The quantitative estimate of drug-likeness (QED) is 0.214. The number of rotatable bonds is 11.